The molecule has 12 N–H and O–H groups in total. The fraction of sp³-hybridized carbons (Fsp3) is 0.167. The van der Waals surface area contributed by atoms with Gasteiger partial charge in [-0.2, -0.15) is 4.98 Å². The summed E-state index contributed by atoms with van der Waals surface area (Å²) >= 11 is 0. The van der Waals surface area contributed by atoms with Crippen molar-refractivity contribution in [2.75, 3.05) is 16.8 Å². The molecule has 0 saturated carbocycles. The largest absolute Gasteiger partial charge is 0.382 e. The standard InChI is InChI=1S/C6H7N5.2C6H6N4O.C6H5N3O3.C6H5N3O2.C6H5N3O/c1-11-3-10-4-5(7)8-2-9-6(4)11;1-10-3-9-4-5(10)7-2-8-6(4)11;7-6-9-4-3(1-2-8-4)5(11)10-6;10-3-1-2-4(7-3)8-6(12)9-5(2)11;10-5-3-1-2-7-4(3)8-6(11)9-5;10-6-4-1-2-7-5(4)8-3-9-6/h2-3H,1H3,(H2,7,8,9);2-3H,1H3,(H,7,8,11);2H,1H2,(H3,7,9,10,11);1H2,(H3,7,8,9,10,11,12);2H,1H2,(H2,8,9,10,11);2-3H,1H2,(H,8,9,10). The maximum atomic E-state index is 11.1. The second-order valence-corrected chi connectivity index (χ2v) is 13.6. The third-order valence-electron chi connectivity index (χ3n) is 9.16. The van der Waals surface area contributed by atoms with Crippen molar-refractivity contribution in [3.63, 3.8) is 0 Å². The fourth-order valence-corrected chi connectivity index (χ4v) is 6.03. The number of carbonyl (C=O) groups excluding carboxylic acids is 1. The number of nitrogens with two attached hydrogens (primary N) is 2. The van der Waals surface area contributed by atoms with Crippen LogP contribution in [-0.4, -0.2) is 103 Å². The number of aromatic nitrogens is 16. The molecule has 66 heavy (non-hydrogen) atoms. The molecule has 0 radical (unpaired) electrons. The van der Waals surface area contributed by atoms with Gasteiger partial charge in [-0.25, -0.2) is 54.5 Å². The number of hydrogen-bond donors (Lipinski definition) is 10. The van der Waals surface area contributed by atoms with Crippen LogP contribution in [0.15, 0.2) is 80.2 Å². The van der Waals surface area contributed by atoms with Crippen LogP contribution in [0, 0.1) is 0 Å². The number of carbonyl (C=O) groups is 1. The summed E-state index contributed by atoms with van der Waals surface area (Å²) in [6.07, 6.45) is 14.0. The first-order valence-electron chi connectivity index (χ1n) is 18.9. The summed E-state index contributed by atoms with van der Waals surface area (Å²) in [4.78, 5) is 142. The summed E-state index contributed by atoms with van der Waals surface area (Å²) in [5.74, 6) is 1.88. The quantitative estimate of drug-likeness (QED) is 0.0731. The first-order valence-corrected chi connectivity index (χ1v) is 18.9. The Morgan fingerprint density at radius 3 is 1.82 bits per heavy atom. The molecule has 8 aromatic rings. The molecule has 0 saturated heterocycles. The SMILES string of the molecule is Cn1cnc2c(=O)[nH]cnc21.Cn1cnc2c(N)ncnc21.Nc1nc2c(c(=O)[nH]1)CC=N2.O=C1Cc2c([nH]c(=O)[nH]c2=O)N1.O=c1[nH]c2c(c(=O)[nH]1)CC=N2.O=c1[nH]cnc2c1CC=N2. The summed E-state index contributed by atoms with van der Waals surface area (Å²) in [7, 11) is 3.66. The molecule has 4 aliphatic rings. The minimum atomic E-state index is -0.610. The molecule has 0 bridgehead atoms. The average Bonchev–Trinajstić information content (AvgIpc) is 4.14. The lowest BCUT2D eigenvalue weighted by atomic mass is 10.3. The van der Waals surface area contributed by atoms with Crippen molar-refractivity contribution in [2.45, 2.75) is 25.7 Å². The Labute approximate surface area is 363 Å². The number of imidazole rings is 2. The number of aliphatic imine (C=N–C) groups is 3. The first kappa shape index (κ1) is 44.2. The lowest BCUT2D eigenvalue weighted by Crippen LogP contribution is -2.24. The Morgan fingerprint density at radius 1 is 0.545 bits per heavy atom. The first-order chi connectivity index (χ1) is 31.7. The fourth-order valence-electron chi connectivity index (χ4n) is 6.03. The number of H-pyrrole nitrogens is 7. The van der Waals surface area contributed by atoms with Crippen LogP contribution in [0.5, 0.6) is 0 Å². The van der Waals surface area contributed by atoms with Crippen LogP contribution in [0.2, 0.25) is 0 Å². The summed E-state index contributed by atoms with van der Waals surface area (Å²) in [5.41, 5.74) is 12.9. The van der Waals surface area contributed by atoms with E-state index in [4.69, 9.17) is 11.5 Å². The van der Waals surface area contributed by atoms with Crippen LogP contribution in [0.25, 0.3) is 22.3 Å². The van der Waals surface area contributed by atoms with Gasteiger partial charge in [-0.05, 0) is 0 Å². The van der Waals surface area contributed by atoms with E-state index in [0.29, 0.717) is 81.5 Å². The van der Waals surface area contributed by atoms with Gasteiger partial charge in [-0.15, -0.1) is 0 Å². The topological polar surface area (TPSA) is 448 Å². The van der Waals surface area contributed by atoms with Crippen LogP contribution in [0.4, 0.5) is 35.0 Å². The van der Waals surface area contributed by atoms with Crippen LogP contribution >= 0.6 is 0 Å². The number of amides is 1. The van der Waals surface area contributed by atoms with E-state index >= 15 is 0 Å². The molecule has 0 atom stereocenters. The number of fused-ring (bicyclic) bond motifs is 6. The Kier molecular flexibility index (Phi) is 12.7. The van der Waals surface area contributed by atoms with Crippen molar-refractivity contribution < 1.29 is 4.79 Å². The molecule has 12 heterocycles. The maximum Gasteiger partial charge on any atom is 0.327 e. The molecule has 0 aromatic carbocycles. The highest BCUT2D eigenvalue weighted by Crippen LogP contribution is 2.18. The van der Waals surface area contributed by atoms with Gasteiger partial charge in [0.15, 0.2) is 34.3 Å². The van der Waals surface area contributed by atoms with E-state index in [1.807, 2.05) is 12.0 Å². The predicted molar refractivity (Wildman–Crippen MR) is 237 cm³/mol. The van der Waals surface area contributed by atoms with Gasteiger partial charge in [0, 0.05) is 52.0 Å². The predicted octanol–water partition coefficient (Wildman–Crippen LogP) is -2.88. The summed E-state index contributed by atoms with van der Waals surface area (Å²) in [6, 6.07) is 0. The van der Waals surface area contributed by atoms with Gasteiger partial charge in [0.25, 0.3) is 27.8 Å². The monoisotopic (exact) mass is 902 g/mol. The van der Waals surface area contributed by atoms with E-state index in [1.165, 1.54) is 19.0 Å². The molecule has 0 unspecified atom stereocenters. The van der Waals surface area contributed by atoms with Crippen molar-refractivity contribution in [1.29, 1.82) is 0 Å². The van der Waals surface area contributed by atoms with Crippen molar-refractivity contribution in [3.8, 4) is 0 Å². The van der Waals surface area contributed by atoms with E-state index in [9.17, 15) is 38.4 Å². The summed E-state index contributed by atoms with van der Waals surface area (Å²) in [5, 5.41) is 2.36. The number of anilines is 3. The molecule has 30 heteroatoms. The van der Waals surface area contributed by atoms with E-state index in [1.54, 1.807) is 47.5 Å². The van der Waals surface area contributed by atoms with Crippen molar-refractivity contribution >= 4 is 81.9 Å². The smallest absolute Gasteiger partial charge is 0.327 e. The van der Waals surface area contributed by atoms with Crippen molar-refractivity contribution in [3.05, 3.63) is 127 Å². The molecule has 336 valence electrons. The van der Waals surface area contributed by atoms with Crippen molar-refractivity contribution in [2.24, 2.45) is 29.1 Å². The number of rotatable bonds is 0. The lowest BCUT2D eigenvalue weighted by Gasteiger charge is -1.95. The molecule has 12 rings (SSSR count). The number of nitrogens with zero attached hydrogens (tertiary/aromatic N) is 12. The van der Waals surface area contributed by atoms with Crippen LogP contribution in [0.1, 0.15) is 22.3 Å². The van der Waals surface area contributed by atoms with Crippen molar-refractivity contribution in [1.82, 2.24) is 78.9 Å². The highest BCUT2D eigenvalue weighted by Gasteiger charge is 2.21. The van der Waals surface area contributed by atoms with Crippen LogP contribution in [-0.2, 0) is 44.6 Å². The molecule has 8 aromatic heterocycles. The van der Waals surface area contributed by atoms with E-state index in [2.05, 4.69) is 85.1 Å². The highest BCUT2D eigenvalue weighted by atomic mass is 16.2. The van der Waals surface area contributed by atoms with E-state index < -0.39 is 16.9 Å². The van der Waals surface area contributed by atoms with E-state index in [-0.39, 0.29) is 46.3 Å². The third-order valence-corrected chi connectivity index (χ3v) is 9.16. The lowest BCUT2D eigenvalue weighted by molar-refractivity contribution is -0.115. The minimum absolute atomic E-state index is 0.0292. The normalized spacial score (nSPS) is 12.7. The van der Waals surface area contributed by atoms with Gasteiger partial charge >= 0.3 is 11.4 Å². The number of hydrogen-bond acceptors (Lipinski definition) is 20. The number of nitrogen functional groups attached to an aromatic ring is 2. The molecule has 1 amide bonds. The Bertz CT molecular complexity index is 3670. The van der Waals surface area contributed by atoms with Gasteiger partial charge in [-0.1, -0.05) is 0 Å². The van der Waals surface area contributed by atoms with Gasteiger partial charge in [0.05, 0.1) is 54.0 Å². The van der Waals surface area contributed by atoms with Crippen LogP contribution in [0.3, 0.4) is 0 Å². The Balaban J connectivity index is 0.000000118. The zero-order chi connectivity index (χ0) is 47.1. The van der Waals surface area contributed by atoms with E-state index in [0.717, 1.165) is 5.65 Å². The zero-order valence-electron chi connectivity index (χ0n) is 34.2. The minimum Gasteiger partial charge on any atom is -0.382 e. The zero-order valence-corrected chi connectivity index (χ0v) is 34.2. The number of nitrogens with one attached hydrogen (secondary N) is 8. The molecule has 0 aliphatic carbocycles. The molecule has 0 spiro atoms. The second kappa shape index (κ2) is 19.0. The molecular weight excluding hydrogens is 869 g/mol. The number of aryl methyl sites for hydroxylation is 2. The van der Waals surface area contributed by atoms with Gasteiger partial charge < -0.3 is 35.9 Å². The van der Waals surface area contributed by atoms with Crippen LogP contribution < -0.4 is 56.0 Å². The third kappa shape index (κ3) is 9.90. The van der Waals surface area contributed by atoms with Gasteiger partial charge in [0.1, 0.15) is 23.5 Å². The van der Waals surface area contributed by atoms with Gasteiger partial charge in [0.2, 0.25) is 11.9 Å². The Morgan fingerprint density at radius 2 is 1.12 bits per heavy atom. The number of aromatic amines is 7. The molecule has 0 fully saturated rings. The molecular formula is C36H34N22O8. The highest BCUT2D eigenvalue weighted by molar-refractivity contribution is 5.97. The summed E-state index contributed by atoms with van der Waals surface area (Å²) in [6.45, 7) is 0. The van der Waals surface area contributed by atoms with Gasteiger partial charge in [-0.3, -0.25) is 53.7 Å². The Hall–Kier alpha value is -9.90. The summed E-state index contributed by atoms with van der Waals surface area (Å²) < 4.78 is 3.50. The maximum absolute atomic E-state index is 11.1. The molecule has 30 nitrogen and oxygen atoms in total. The average molecular weight is 903 g/mol. The second-order valence-electron chi connectivity index (χ2n) is 13.6. The molecule has 4 aliphatic heterocycles.